The van der Waals surface area contributed by atoms with E-state index in [1.54, 1.807) is 0 Å². The number of nitrogens with zero attached hydrogens (tertiary/aromatic N) is 3. The van der Waals surface area contributed by atoms with Gasteiger partial charge >= 0.3 is 0 Å². The molecule has 2 N–H and O–H groups in total. The van der Waals surface area contributed by atoms with Crippen molar-refractivity contribution in [2.24, 2.45) is 16.6 Å². The van der Waals surface area contributed by atoms with Crippen molar-refractivity contribution in [3.05, 3.63) is 58.9 Å². The lowest BCUT2D eigenvalue weighted by Crippen LogP contribution is -2.51. The first-order valence-corrected chi connectivity index (χ1v) is 10.2. The Balaban J connectivity index is 1.65. The first kappa shape index (κ1) is 23.1. The van der Waals surface area contributed by atoms with Crippen LogP contribution in [0.15, 0.2) is 35.6 Å². The maximum Gasteiger partial charge on any atom is 0.288 e. The van der Waals surface area contributed by atoms with Gasteiger partial charge in [0.1, 0.15) is 28.8 Å². The van der Waals surface area contributed by atoms with Crippen LogP contribution in [0.1, 0.15) is 54.0 Å². The fraction of sp³-hybridized carbons (Fsp3) is 0.455. The molecule has 0 saturated heterocycles. The van der Waals surface area contributed by atoms with E-state index in [1.165, 1.54) is 19.1 Å². The van der Waals surface area contributed by atoms with Crippen LogP contribution in [0.5, 0.6) is 0 Å². The average molecular weight is 468 g/mol. The number of amidine groups is 1. The molecule has 1 aliphatic heterocycles. The zero-order valence-corrected chi connectivity index (χ0v) is 17.8. The normalized spacial score (nSPS) is 26.3. The Kier molecular flexibility index (Phi) is 5.41. The molecule has 0 amide bonds. The second-order valence-corrected chi connectivity index (χ2v) is 8.62. The average Bonchev–Trinajstić information content (AvgIpc) is 3.03. The van der Waals surface area contributed by atoms with E-state index >= 15 is 0 Å². The highest BCUT2D eigenvalue weighted by Crippen LogP contribution is 2.54. The number of ether oxygens (including phenoxy) is 1. The van der Waals surface area contributed by atoms with Crippen molar-refractivity contribution in [3.63, 3.8) is 0 Å². The Morgan fingerprint density at radius 1 is 1.27 bits per heavy atom. The lowest BCUT2D eigenvalue weighted by Gasteiger charge is -2.41. The molecule has 11 heteroatoms. The van der Waals surface area contributed by atoms with Crippen LogP contribution in [0.2, 0.25) is 0 Å². The van der Waals surface area contributed by atoms with Gasteiger partial charge in [0.15, 0.2) is 5.78 Å². The molecule has 0 unspecified atom stereocenters. The first-order chi connectivity index (χ1) is 15.3. The summed E-state index contributed by atoms with van der Waals surface area (Å²) in [6.45, 7) is 2.03. The summed E-state index contributed by atoms with van der Waals surface area (Å²) in [6, 6.07) is 3.39. The predicted octanol–water partition coefficient (Wildman–Crippen LogP) is 4.13. The van der Waals surface area contributed by atoms with Crippen LogP contribution in [-0.2, 0) is 22.6 Å². The summed E-state index contributed by atoms with van der Waals surface area (Å²) in [5, 5.41) is 0. The van der Waals surface area contributed by atoms with Crippen molar-refractivity contribution in [2.75, 3.05) is 0 Å². The Labute approximate surface area is 186 Å². The number of fused-ring (bicyclic) bond motifs is 1. The molecule has 2 aromatic rings. The summed E-state index contributed by atoms with van der Waals surface area (Å²) in [4.78, 5) is 24.0. The molecule has 1 aliphatic carbocycles. The Morgan fingerprint density at radius 3 is 2.64 bits per heavy atom. The summed E-state index contributed by atoms with van der Waals surface area (Å²) < 4.78 is 76.2. The van der Waals surface area contributed by atoms with Gasteiger partial charge in [-0.15, -0.1) is 0 Å². The molecule has 176 valence electrons. The summed E-state index contributed by atoms with van der Waals surface area (Å²) in [5.41, 5.74) is 3.43. The number of benzene rings is 1. The van der Waals surface area contributed by atoms with E-state index in [2.05, 4.69) is 15.0 Å². The van der Waals surface area contributed by atoms with Crippen molar-refractivity contribution in [1.82, 2.24) is 9.97 Å². The van der Waals surface area contributed by atoms with Gasteiger partial charge in [-0.3, -0.25) is 9.78 Å². The van der Waals surface area contributed by atoms with Crippen molar-refractivity contribution in [1.29, 1.82) is 0 Å². The van der Waals surface area contributed by atoms with Crippen LogP contribution in [0.3, 0.4) is 0 Å². The van der Waals surface area contributed by atoms with E-state index < -0.39 is 53.1 Å². The van der Waals surface area contributed by atoms with E-state index in [9.17, 15) is 26.7 Å². The quantitative estimate of drug-likeness (QED) is 0.527. The number of Topliss-reactive ketones (excluding diaryl/α,β-unsaturated/α-hetero) is 1. The molecule has 1 aromatic carbocycles. The molecule has 33 heavy (non-hydrogen) atoms. The molecule has 6 nitrogen and oxygen atoms in total. The molecule has 0 radical (unpaired) electrons. The second kappa shape index (κ2) is 7.74. The smallest absolute Gasteiger partial charge is 0.288 e. The maximum atomic E-state index is 14.9. The van der Waals surface area contributed by atoms with Gasteiger partial charge in [0.05, 0.1) is 18.3 Å². The zero-order valence-electron chi connectivity index (χ0n) is 17.8. The third-order valence-corrected chi connectivity index (χ3v) is 6.14. The lowest BCUT2D eigenvalue weighted by atomic mass is 9.75. The van der Waals surface area contributed by atoms with Gasteiger partial charge in [0.2, 0.25) is 0 Å². The number of halogens is 5. The van der Waals surface area contributed by atoms with Crippen LogP contribution >= 0.6 is 0 Å². The summed E-state index contributed by atoms with van der Waals surface area (Å²) in [6.07, 6.45) is 0.165. The molecule has 3 atom stereocenters. The molecule has 1 saturated carbocycles. The van der Waals surface area contributed by atoms with Crippen LogP contribution in [-0.4, -0.2) is 33.8 Å². The molecular weight excluding hydrogens is 447 g/mol. The van der Waals surface area contributed by atoms with Crippen molar-refractivity contribution >= 4 is 11.8 Å². The van der Waals surface area contributed by atoms with Gasteiger partial charge in [-0.1, -0.05) is 6.07 Å². The molecule has 0 bridgehead atoms. The molecule has 4 rings (SSSR count). The number of hydrogen-bond acceptors (Lipinski definition) is 6. The number of aromatic nitrogens is 2. The highest BCUT2D eigenvalue weighted by Gasteiger charge is 2.62. The number of nitrogens with two attached hydrogens (primary N) is 1. The van der Waals surface area contributed by atoms with Gasteiger partial charge in [-0.05, 0) is 31.0 Å². The van der Waals surface area contributed by atoms with Crippen molar-refractivity contribution < 1.29 is 31.5 Å². The minimum Gasteiger partial charge on any atom is -0.461 e. The fourth-order valence-electron chi connectivity index (χ4n) is 4.58. The number of carbonyl (C=O) groups excluding carboxylic acids is 1. The number of aliphatic imine (C=N–C) groups is 1. The Bertz CT molecular complexity index is 1120. The molecule has 0 spiro atoms. The topological polar surface area (TPSA) is 90.5 Å². The number of hydrogen-bond donors (Lipinski definition) is 1. The lowest BCUT2D eigenvalue weighted by molar-refractivity contribution is -0.0961. The summed E-state index contributed by atoms with van der Waals surface area (Å²) >= 11 is 0. The summed E-state index contributed by atoms with van der Waals surface area (Å²) in [5.74, 6) is -9.13. The highest BCUT2D eigenvalue weighted by molar-refractivity contribution is 5.95. The third-order valence-electron chi connectivity index (χ3n) is 6.14. The second-order valence-electron chi connectivity index (χ2n) is 8.62. The van der Waals surface area contributed by atoms with Crippen molar-refractivity contribution in [3.8, 4) is 0 Å². The van der Waals surface area contributed by atoms with Crippen LogP contribution in [0.25, 0.3) is 0 Å². The van der Waals surface area contributed by atoms with Crippen LogP contribution < -0.4 is 5.73 Å². The molecule has 2 aliphatic rings. The standard InChI is InChI=1S/C22H21F5N4O2/c1-20(18-16(33-19(28)31-20)5-6-22(18,26)27)12-7-11(3-4-13(12)23)8-15(32)14-9-30-17(10-29-14)21(2,24)25/h3-4,7,9-10,16,18H,5-6,8H2,1-2H3,(H2,28,31)/t16-,18+,20-/m1/s1. The largest absolute Gasteiger partial charge is 0.461 e. The molecule has 2 heterocycles. The highest BCUT2D eigenvalue weighted by atomic mass is 19.3. The van der Waals surface area contributed by atoms with Crippen molar-refractivity contribution in [2.45, 2.75) is 56.6 Å². The first-order valence-electron chi connectivity index (χ1n) is 10.2. The van der Waals surface area contributed by atoms with E-state index in [1.807, 2.05) is 0 Å². The fourth-order valence-corrected chi connectivity index (χ4v) is 4.58. The number of alkyl halides is 4. The predicted molar refractivity (Wildman–Crippen MR) is 108 cm³/mol. The van der Waals surface area contributed by atoms with Crippen LogP contribution in [0, 0.1) is 11.7 Å². The van der Waals surface area contributed by atoms with Crippen LogP contribution in [0.4, 0.5) is 22.0 Å². The monoisotopic (exact) mass is 468 g/mol. The molecule has 1 fully saturated rings. The van der Waals surface area contributed by atoms with Gasteiger partial charge in [-0.25, -0.2) is 23.1 Å². The number of carbonyl (C=O) groups is 1. The van der Waals surface area contributed by atoms with E-state index in [-0.39, 0.29) is 30.1 Å². The zero-order chi connectivity index (χ0) is 24.2. The van der Waals surface area contributed by atoms with Gasteiger partial charge < -0.3 is 10.5 Å². The van der Waals surface area contributed by atoms with Gasteiger partial charge in [0, 0.05) is 25.3 Å². The molecule has 1 aromatic heterocycles. The van der Waals surface area contributed by atoms with E-state index in [0.29, 0.717) is 12.5 Å². The SMILES string of the molecule is CC(F)(F)c1cnc(C(=O)Cc2ccc(F)c([C@@]3(C)N=C(N)O[C@@H]4CCC(F)(F)[C@@H]43)c2)cn1. The van der Waals surface area contributed by atoms with E-state index in [0.717, 1.165) is 18.5 Å². The Hall–Kier alpha value is -3.11. The maximum absolute atomic E-state index is 14.9. The third kappa shape index (κ3) is 4.16. The summed E-state index contributed by atoms with van der Waals surface area (Å²) in [7, 11) is 0. The minimum atomic E-state index is -3.21. The van der Waals surface area contributed by atoms with Gasteiger partial charge in [0.25, 0.3) is 17.9 Å². The number of ketones is 1. The minimum absolute atomic E-state index is 0.0503. The Morgan fingerprint density at radius 2 is 2.00 bits per heavy atom. The van der Waals surface area contributed by atoms with E-state index in [4.69, 9.17) is 10.5 Å². The number of rotatable bonds is 5. The van der Waals surface area contributed by atoms with Gasteiger partial charge in [-0.2, -0.15) is 8.78 Å². The molecular formula is C22H21F5N4O2.